The van der Waals surface area contributed by atoms with E-state index in [2.05, 4.69) is 13.0 Å². The standard InChI is InChI=1S/C48H72O15/c1-26-12-11-15-32-23-56-45-41(49)28(3)18-35(48(32,45)52)46(51)59-34-19-33(62-47(22-34)25-55-24-38(63-47)31-13-9-8-10-14-31)17-16-27(2)43(26)60-40-21-37(54-7)44(30(5)58-40)61-39-20-36(53-6)42(50)29(4)57-39/h11-12,15-16,18,26,29-31,33-45,49-50,52H,8-10,13-14,17,19-25H2,1-7H3/b12-11+,27-16+,32-15+/t26-,29-,30-,33+,34-,35-,36-,37-,38-,39-,40-,41+,42-,43-,44-,45+,47-,48+/m0/s1. The zero-order valence-corrected chi connectivity index (χ0v) is 38.1. The molecule has 8 aliphatic rings. The summed E-state index contributed by atoms with van der Waals surface area (Å²) < 4.78 is 70.0. The van der Waals surface area contributed by atoms with E-state index in [1.807, 2.05) is 26.0 Å². The molecule has 15 heteroatoms. The normalized spacial score (nSPS) is 48.9. The van der Waals surface area contributed by atoms with Crippen molar-refractivity contribution < 1.29 is 72.2 Å². The maximum atomic E-state index is 14.4. The Kier molecular flexibility index (Phi) is 15.1. The van der Waals surface area contributed by atoms with Crippen LogP contribution in [0.3, 0.4) is 0 Å². The lowest BCUT2D eigenvalue weighted by atomic mass is 9.71. The smallest absolute Gasteiger partial charge is 0.316 e. The summed E-state index contributed by atoms with van der Waals surface area (Å²) in [4.78, 5) is 14.4. The molecule has 2 aliphatic carbocycles. The highest BCUT2D eigenvalue weighted by atomic mass is 16.7. The van der Waals surface area contributed by atoms with Crippen molar-refractivity contribution in [2.45, 2.75) is 196 Å². The van der Waals surface area contributed by atoms with Gasteiger partial charge in [-0.15, -0.1) is 0 Å². The predicted molar refractivity (Wildman–Crippen MR) is 227 cm³/mol. The van der Waals surface area contributed by atoms with Crippen molar-refractivity contribution in [1.29, 1.82) is 0 Å². The zero-order chi connectivity index (χ0) is 44.6. The number of rotatable bonds is 7. The third-order valence-corrected chi connectivity index (χ3v) is 15.0. The van der Waals surface area contributed by atoms with Crippen LogP contribution in [0.15, 0.2) is 47.1 Å². The number of carbonyl (C=O) groups excluding carboxylic acids is 1. The highest BCUT2D eigenvalue weighted by molar-refractivity contribution is 5.78. The Bertz CT molecular complexity index is 1710. The minimum Gasteiger partial charge on any atom is -0.462 e. The van der Waals surface area contributed by atoms with E-state index in [9.17, 15) is 20.1 Å². The Balaban J connectivity index is 1.07. The summed E-state index contributed by atoms with van der Waals surface area (Å²) in [6, 6.07) is 0. The van der Waals surface area contributed by atoms with Gasteiger partial charge in [0.25, 0.3) is 0 Å². The molecule has 3 N–H and O–H groups in total. The summed E-state index contributed by atoms with van der Waals surface area (Å²) in [5.41, 5.74) is 0.132. The summed E-state index contributed by atoms with van der Waals surface area (Å²) in [7, 11) is 3.22. The fourth-order valence-corrected chi connectivity index (χ4v) is 11.4. The predicted octanol–water partition coefficient (Wildman–Crippen LogP) is 4.74. The van der Waals surface area contributed by atoms with Gasteiger partial charge in [0.1, 0.15) is 48.6 Å². The van der Waals surface area contributed by atoms with Crippen LogP contribution in [0.4, 0.5) is 0 Å². The van der Waals surface area contributed by atoms with Crippen LogP contribution in [0, 0.1) is 17.8 Å². The van der Waals surface area contributed by atoms with Gasteiger partial charge in [-0.3, -0.25) is 4.79 Å². The third-order valence-electron chi connectivity index (χ3n) is 15.0. The Morgan fingerprint density at radius 1 is 0.857 bits per heavy atom. The molecular weight excluding hydrogens is 817 g/mol. The van der Waals surface area contributed by atoms with Gasteiger partial charge < -0.3 is 67.4 Å². The maximum Gasteiger partial charge on any atom is 0.316 e. The summed E-state index contributed by atoms with van der Waals surface area (Å²) in [6.45, 7) is 10.3. The average Bonchev–Trinajstić information content (AvgIpc) is 3.61. The number of carbonyl (C=O) groups is 1. The van der Waals surface area contributed by atoms with Crippen LogP contribution in [0.2, 0.25) is 0 Å². The number of hydrogen-bond donors (Lipinski definition) is 3. The van der Waals surface area contributed by atoms with Crippen LogP contribution in [0.25, 0.3) is 0 Å². The van der Waals surface area contributed by atoms with Crippen LogP contribution >= 0.6 is 0 Å². The van der Waals surface area contributed by atoms with E-state index in [1.165, 1.54) is 6.42 Å². The molecule has 0 radical (unpaired) electrons. The SMILES string of the molecule is CO[C@H]1C[C@H](O[C@H]2[C@H](C)O[C@@H](O[C@@H]3/C(C)=C/C[C@@H]4C[C@@H](C[C@]5(COC[C@@H](C6CCCCC6)O5)O4)OC(=O)[C@@H]4C=C(C)[C@@H](O)[C@H]5OC/C(=C\C=C\[C@@H]3C)[C@]54O)C[C@@H]2OC)O[C@@H](C)[C@@H]1O. The van der Waals surface area contributed by atoms with E-state index in [4.69, 9.17) is 52.1 Å². The van der Waals surface area contributed by atoms with E-state index in [0.717, 1.165) is 31.3 Å². The first-order valence-electron chi connectivity index (χ1n) is 23.5. The van der Waals surface area contributed by atoms with Crippen LogP contribution in [0.1, 0.15) is 98.8 Å². The molecule has 2 bridgehead atoms. The van der Waals surface area contributed by atoms with Crippen LogP contribution < -0.4 is 0 Å². The zero-order valence-electron chi connectivity index (χ0n) is 38.1. The first-order valence-corrected chi connectivity index (χ1v) is 23.5. The van der Waals surface area contributed by atoms with Gasteiger partial charge in [0.05, 0.1) is 55.9 Å². The van der Waals surface area contributed by atoms with Gasteiger partial charge in [-0.1, -0.05) is 56.6 Å². The minimum absolute atomic E-state index is 0.0316. The van der Waals surface area contributed by atoms with E-state index >= 15 is 0 Å². The molecule has 5 saturated heterocycles. The Hall–Kier alpha value is -2.09. The number of ether oxygens (including phenoxy) is 11. The molecule has 6 fully saturated rings. The lowest BCUT2D eigenvalue weighted by Gasteiger charge is -2.49. The van der Waals surface area contributed by atoms with E-state index in [-0.39, 0.29) is 37.8 Å². The van der Waals surface area contributed by atoms with Crippen molar-refractivity contribution in [2.24, 2.45) is 17.8 Å². The van der Waals surface area contributed by atoms with Gasteiger partial charge in [0.2, 0.25) is 0 Å². The molecule has 0 aromatic heterocycles. The molecule has 18 atom stereocenters. The molecule has 0 aromatic rings. The number of methoxy groups -OCH3 is 2. The number of hydrogen-bond acceptors (Lipinski definition) is 15. The molecule has 6 heterocycles. The van der Waals surface area contributed by atoms with Crippen molar-refractivity contribution in [3.63, 3.8) is 0 Å². The van der Waals surface area contributed by atoms with Crippen molar-refractivity contribution in [1.82, 2.24) is 0 Å². The highest BCUT2D eigenvalue weighted by Crippen LogP contribution is 2.47. The van der Waals surface area contributed by atoms with E-state index in [0.29, 0.717) is 49.4 Å². The lowest BCUT2D eigenvalue weighted by molar-refractivity contribution is -0.362. The average molecular weight is 889 g/mol. The Labute approximate surface area is 372 Å². The number of allylic oxidation sites excluding steroid dienone is 2. The largest absolute Gasteiger partial charge is 0.462 e. The number of aliphatic hydroxyl groups excluding tert-OH is 2. The molecule has 1 spiro atoms. The molecule has 354 valence electrons. The summed E-state index contributed by atoms with van der Waals surface area (Å²) in [5.74, 6) is -2.64. The second-order valence-corrected chi connectivity index (χ2v) is 19.4. The molecule has 63 heavy (non-hydrogen) atoms. The van der Waals surface area contributed by atoms with Crippen LogP contribution in [-0.2, 0) is 56.9 Å². The lowest BCUT2D eigenvalue weighted by Crippen LogP contribution is -2.59. The number of aliphatic hydroxyl groups is 3. The molecule has 0 amide bonds. The first kappa shape index (κ1) is 47.4. The topological polar surface area (TPSA) is 179 Å². The maximum absolute atomic E-state index is 14.4. The molecule has 8 rings (SSSR count). The summed E-state index contributed by atoms with van der Waals surface area (Å²) >= 11 is 0. The highest BCUT2D eigenvalue weighted by Gasteiger charge is 2.60. The summed E-state index contributed by atoms with van der Waals surface area (Å²) in [6.07, 6.45) is 9.13. The number of fused-ring (bicyclic) bond motifs is 2. The molecule has 0 unspecified atom stereocenters. The molecule has 0 aromatic carbocycles. The van der Waals surface area contributed by atoms with Gasteiger partial charge in [0.15, 0.2) is 18.4 Å². The molecule has 6 aliphatic heterocycles. The Morgan fingerprint density at radius 2 is 1.59 bits per heavy atom. The van der Waals surface area contributed by atoms with E-state index < -0.39 is 96.9 Å². The Morgan fingerprint density at radius 3 is 2.35 bits per heavy atom. The van der Waals surface area contributed by atoms with Crippen molar-refractivity contribution in [3.05, 3.63) is 47.1 Å². The molecular formula is C48H72O15. The number of esters is 1. The van der Waals surface area contributed by atoms with Gasteiger partial charge >= 0.3 is 5.97 Å². The van der Waals surface area contributed by atoms with Gasteiger partial charge in [0, 0.05) is 45.8 Å². The van der Waals surface area contributed by atoms with Crippen LogP contribution in [-0.4, -0.2) is 153 Å². The fourth-order valence-electron chi connectivity index (χ4n) is 11.4. The third kappa shape index (κ3) is 9.98. The van der Waals surface area contributed by atoms with Crippen molar-refractivity contribution in [3.8, 4) is 0 Å². The monoisotopic (exact) mass is 888 g/mol. The van der Waals surface area contributed by atoms with Crippen LogP contribution in [0.5, 0.6) is 0 Å². The summed E-state index contributed by atoms with van der Waals surface area (Å²) in [5, 5.41) is 34.3. The van der Waals surface area contributed by atoms with Gasteiger partial charge in [-0.2, -0.15) is 0 Å². The first-order chi connectivity index (χ1) is 30.2. The second-order valence-electron chi connectivity index (χ2n) is 19.4. The fraction of sp³-hybridized carbons (Fsp3) is 0.812. The second kappa shape index (κ2) is 20.0. The quantitative estimate of drug-likeness (QED) is 0.236. The van der Waals surface area contributed by atoms with Gasteiger partial charge in [-0.05, 0) is 69.6 Å². The van der Waals surface area contributed by atoms with E-state index in [1.54, 1.807) is 40.2 Å². The molecule has 1 saturated carbocycles. The van der Waals surface area contributed by atoms with Gasteiger partial charge in [-0.25, -0.2) is 0 Å². The van der Waals surface area contributed by atoms with Crippen molar-refractivity contribution in [2.75, 3.05) is 34.0 Å². The molecule has 15 nitrogen and oxygen atoms in total. The minimum atomic E-state index is -1.84. The van der Waals surface area contributed by atoms with Crippen molar-refractivity contribution >= 4 is 5.97 Å².